The van der Waals surface area contributed by atoms with E-state index in [1.165, 1.54) is 71.2 Å². The highest BCUT2D eigenvalue weighted by atomic mass is 15.1. The van der Waals surface area contributed by atoms with Gasteiger partial charge in [-0.1, -0.05) is 13.3 Å². The molecule has 0 amide bonds. The van der Waals surface area contributed by atoms with E-state index in [0.29, 0.717) is 0 Å². The minimum atomic E-state index is 0.911. The first-order chi connectivity index (χ1) is 8.38. The molecule has 0 saturated carbocycles. The fourth-order valence-electron chi connectivity index (χ4n) is 3.27. The van der Waals surface area contributed by atoms with Crippen molar-refractivity contribution >= 4 is 0 Å². The summed E-state index contributed by atoms with van der Waals surface area (Å²) in [4.78, 5) is 2.67. The van der Waals surface area contributed by atoms with E-state index in [1.54, 1.807) is 0 Å². The summed E-state index contributed by atoms with van der Waals surface area (Å²) in [5.41, 5.74) is 0. The minimum absolute atomic E-state index is 0.911. The Labute approximate surface area is 107 Å². The maximum absolute atomic E-state index is 4.03. The maximum atomic E-state index is 4.03. The van der Waals surface area contributed by atoms with Crippen LogP contribution in [0.15, 0.2) is 0 Å². The van der Waals surface area contributed by atoms with Gasteiger partial charge < -0.3 is 10.2 Å². The smallest absolute Gasteiger partial charge is 0.00161 e. The third-order valence-electron chi connectivity index (χ3n) is 4.60. The summed E-state index contributed by atoms with van der Waals surface area (Å²) >= 11 is 0. The van der Waals surface area contributed by atoms with E-state index in [9.17, 15) is 0 Å². The second-order valence-corrected chi connectivity index (χ2v) is 5.93. The summed E-state index contributed by atoms with van der Waals surface area (Å²) in [6.07, 6.45) is 9.59. The molecule has 1 radical (unpaired) electrons. The van der Waals surface area contributed by atoms with E-state index in [1.807, 2.05) is 0 Å². The summed E-state index contributed by atoms with van der Waals surface area (Å²) in [6.45, 7) is 10.5. The van der Waals surface area contributed by atoms with Crippen LogP contribution in [0.3, 0.4) is 0 Å². The molecule has 2 saturated heterocycles. The first-order valence-corrected chi connectivity index (χ1v) is 7.61. The minimum Gasteiger partial charge on any atom is -0.316 e. The Hall–Kier alpha value is -0.0800. The Morgan fingerprint density at radius 3 is 2.59 bits per heavy atom. The van der Waals surface area contributed by atoms with Gasteiger partial charge in [0.15, 0.2) is 0 Å². The Kier molecular flexibility index (Phi) is 5.79. The number of rotatable bonds is 5. The number of nitrogens with zero attached hydrogens (tertiary/aromatic N) is 1. The molecule has 0 aromatic carbocycles. The monoisotopic (exact) mass is 237 g/mol. The third-order valence-corrected chi connectivity index (χ3v) is 4.60. The van der Waals surface area contributed by atoms with Crippen LogP contribution in [-0.4, -0.2) is 37.6 Å². The van der Waals surface area contributed by atoms with E-state index < -0.39 is 0 Å². The molecule has 0 aromatic heterocycles. The fraction of sp³-hybridized carbons (Fsp3) is 0.933. The Morgan fingerprint density at radius 2 is 1.94 bits per heavy atom. The van der Waals surface area contributed by atoms with Crippen LogP contribution < -0.4 is 5.32 Å². The average molecular weight is 237 g/mol. The second kappa shape index (κ2) is 7.38. The molecule has 2 fully saturated rings. The largest absolute Gasteiger partial charge is 0.316 e. The zero-order valence-corrected chi connectivity index (χ0v) is 11.3. The summed E-state index contributed by atoms with van der Waals surface area (Å²) in [7, 11) is 0. The lowest BCUT2D eigenvalue weighted by Crippen LogP contribution is -2.35. The van der Waals surface area contributed by atoms with Gasteiger partial charge in [-0.3, -0.25) is 0 Å². The lowest BCUT2D eigenvalue weighted by molar-refractivity contribution is 0.177. The molecule has 2 rings (SSSR count). The van der Waals surface area contributed by atoms with Gasteiger partial charge in [0.2, 0.25) is 0 Å². The van der Waals surface area contributed by atoms with E-state index in [-0.39, 0.29) is 0 Å². The highest BCUT2D eigenvalue weighted by molar-refractivity contribution is 4.74. The average Bonchev–Trinajstić information content (AvgIpc) is 2.41. The number of nitrogens with one attached hydrogen (secondary N) is 1. The summed E-state index contributed by atoms with van der Waals surface area (Å²) in [6, 6.07) is 0. The van der Waals surface area contributed by atoms with Crippen molar-refractivity contribution in [2.24, 2.45) is 11.8 Å². The molecule has 1 unspecified atom stereocenters. The summed E-state index contributed by atoms with van der Waals surface area (Å²) < 4.78 is 0. The van der Waals surface area contributed by atoms with Gasteiger partial charge in [0.05, 0.1) is 0 Å². The highest BCUT2D eigenvalue weighted by Gasteiger charge is 2.18. The molecule has 1 N–H and O–H groups in total. The number of piperidine rings is 2. The number of likely N-dealkylation sites (tertiary alicyclic amines) is 1. The van der Waals surface area contributed by atoms with E-state index in [2.05, 4.69) is 17.1 Å². The molecule has 2 nitrogen and oxygen atoms in total. The molecule has 1 atom stereocenters. The Morgan fingerprint density at radius 1 is 1.12 bits per heavy atom. The van der Waals surface area contributed by atoms with Crippen molar-refractivity contribution in [1.29, 1.82) is 0 Å². The number of hydrogen-bond donors (Lipinski definition) is 1. The SMILES string of the molecule is [CH2]CC1CCN(CCCC2CCCNC2)CC1. The van der Waals surface area contributed by atoms with Crippen molar-refractivity contribution in [3.8, 4) is 0 Å². The molecule has 0 aromatic rings. The van der Waals surface area contributed by atoms with Crippen molar-refractivity contribution in [3.05, 3.63) is 6.92 Å². The molecule has 0 spiro atoms. The standard InChI is InChI=1S/C15H29N2/c1-2-14-7-11-17(12-8-14)10-4-6-15-5-3-9-16-13-15/h14-16H,1-13H2. The molecule has 0 aliphatic carbocycles. The van der Waals surface area contributed by atoms with Crippen molar-refractivity contribution in [2.45, 2.75) is 44.9 Å². The normalized spacial score (nSPS) is 28.4. The molecule has 2 aliphatic rings. The second-order valence-electron chi connectivity index (χ2n) is 5.93. The first-order valence-electron chi connectivity index (χ1n) is 7.61. The molecular weight excluding hydrogens is 208 g/mol. The van der Waals surface area contributed by atoms with Gasteiger partial charge in [0.25, 0.3) is 0 Å². The molecule has 17 heavy (non-hydrogen) atoms. The van der Waals surface area contributed by atoms with Crippen molar-refractivity contribution in [3.63, 3.8) is 0 Å². The molecule has 2 heterocycles. The van der Waals surface area contributed by atoms with Gasteiger partial charge >= 0.3 is 0 Å². The molecule has 2 aliphatic heterocycles. The van der Waals surface area contributed by atoms with Gasteiger partial charge in [-0.2, -0.15) is 0 Å². The predicted octanol–water partition coefficient (Wildman–Crippen LogP) is 2.70. The summed E-state index contributed by atoms with van der Waals surface area (Å²) in [5, 5.41) is 3.52. The van der Waals surface area contributed by atoms with E-state index in [0.717, 1.165) is 18.3 Å². The van der Waals surface area contributed by atoms with Crippen LogP contribution in [0, 0.1) is 18.8 Å². The van der Waals surface area contributed by atoms with Crippen LogP contribution >= 0.6 is 0 Å². The van der Waals surface area contributed by atoms with Crippen LogP contribution in [0.5, 0.6) is 0 Å². The van der Waals surface area contributed by atoms with Gasteiger partial charge in [-0.25, -0.2) is 0 Å². The number of hydrogen-bond acceptors (Lipinski definition) is 2. The topological polar surface area (TPSA) is 15.3 Å². The van der Waals surface area contributed by atoms with Crippen LogP contribution in [0.2, 0.25) is 0 Å². The quantitative estimate of drug-likeness (QED) is 0.791. The lowest BCUT2D eigenvalue weighted by Gasteiger charge is -2.32. The van der Waals surface area contributed by atoms with Crippen LogP contribution in [-0.2, 0) is 0 Å². The third kappa shape index (κ3) is 4.59. The molecule has 2 heteroatoms. The van der Waals surface area contributed by atoms with Gasteiger partial charge in [0, 0.05) is 0 Å². The molecule has 99 valence electrons. The fourth-order valence-corrected chi connectivity index (χ4v) is 3.27. The Balaban J connectivity index is 1.53. The zero-order chi connectivity index (χ0) is 11.9. The van der Waals surface area contributed by atoms with Gasteiger partial charge in [0.1, 0.15) is 0 Å². The van der Waals surface area contributed by atoms with Gasteiger partial charge in [-0.05, 0) is 83.1 Å². The molecular formula is C15H29N2. The maximum Gasteiger partial charge on any atom is -0.00161 e. The summed E-state index contributed by atoms with van der Waals surface area (Å²) in [5.74, 6) is 1.87. The lowest BCUT2D eigenvalue weighted by atomic mass is 9.93. The van der Waals surface area contributed by atoms with Crippen molar-refractivity contribution < 1.29 is 0 Å². The zero-order valence-electron chi connectivity index (χ0n) is 11.3. The van der Waals surface area contributed by atoms with Crippen LogP contribution in [0.1, 0.15) is 44.9 Å². The first kappa shape index (κ1) is 13.4. The molecule has 0 bridgehead atoms. The predicted molar refractivity (Wildman–Crippen MR) is 74.0 cm³/mol. The Bertz CT molecular complexity index is 191. The highest BCUT2D eigenvalue weighted by Crippen LogP contribution is 2.21. The van der Waals surface area contributed by atoms with Crippen LogP contribution in [0.4, 0.5) is 0 Å². The van der Waals surface area contributed by atoms with Gasteiger partial charge in [-0.15, -0.1) is 0 Å². The van der Waals surface area contributed by atoms with E-state index >= 15 is 0 Å². The van der Waals surface area contributed by atoms with E-state index in [4.69, 9.17) is 0 Å². The van der Waals surface area contributed by atoms with Crippen LogP contribution in [0.25, 0.3) is 0 Å². The van der Waals surface area contributed by atoms with Crippen molar-refractivity contribution in [2.75, 3.05) is 32.7 Å². The van der Waals surface area contributed by atoms with Crippen molar-refractivity contribution in [1.82, 2.24) is 10.2 Å².